The maximum absolute atomic E-state index is 14.3. The number of carbonyl (C=O) groups is 1. The first-order valence-corrected chi connectivity index (χ1v) is 28.1. The monoisotopic (exact) mass is 1040 g/mol. The van der Waals surface area contributed by atoms with Crippen molar-refractivity contribution in [1.29, 1.82) is 5.26 Å². The number of carbonyl (C=O) groups excluding carboxylic acids is 1. The summed E-state index contributed by atoms with van der Waals surface area (Å²) in [6.45, 7) is 12.2. The Hall–Kier alpha value is -4.91. The Morgan fingerprint density at radius 3 is 1.82 bits per heavy atom. The Labute approximate surface area is 441 Å². The van der Waals surface area contributed by atoms with Crippen LogP contribution in [0.15, 0.2) is 101 Å². The van der Waals surface area contributed by atoms with E-state index < -0.39 is 49.9 Å². The van der Waals surface area contributed by atoms with Gasteiger partial charge in [-0.25, -0.2) is 9.46 Å². The first-order chi connectivity index (χ1) is 35.9. The van der Waals surface area contributed by atoms with Gasteiger partial charge in [0.1, 0.15) is 42.0 Å². The SMILES string of the molecule is CCCCCCCCC(CCCCCCCC)NC(=O)CO[C@@H]1[C@H](OP(OCCC#N)N(C(C)C)C(C)C)[C@@H](COC(c2ccccc2)(c2ccc(OC)cc2)c2ccc(OC)cc2)O[C@H]1n1ccc(=O)[nH]c1=O. The maximum Gasteiger partial charge on any atom is 0.330 e. The van der Waals surface area contributed by atoms with E-state index in [0.717, 1.165) is 55.2 Å². The number of ether oxygens (including phenoxy) is 5. The van der Waals surface area contributed by atoms with Crippen LogP contribution in [-0.2, 0) is 33.7 Å². The molecule has 1 aromatic heterocycles. The van der Waals surface area contributed by atoms with Crippen molar-refractivity contribution in [2.24, 2.45) is 0 Å². The minimum atomic E-state index is -1.93. The summed E-state index contributed by atoms with van der Waals surface area (Å²) in [7, 11) is 1.30. The topological polar surface area (TPSA) is 176 Å². The Morgan fingerprint density at radius 2 is 1.31 bits per heavy atom. The summed E-state index contributed by atoms with van der Waals surface area (Å²) >= 11 is 0. The van der Waals surface area contributed by atoms with Crippen LogP contribution in [0.4, 0.5) is 0 Å². The van der Waals surface area contributed by atoms with Gasteiger partial charge in [-0.2, -0.15) is 5.26 Å². The van der Waals surface area contributed by atoms with Gasteiger partial charge in [0.2, 0.25) is 5.91 Å². The van der Waals surface area contributed by atoms with Crippen molar-refractivity contribution < 1.29 is 37.5 Å². The number of nitrogens with one attached hydrogen (secondary N) is 2. The lowest BCUT2D eigenvalue weighted by Crippen LogP contribution is -2.45. The van der Waals surface area contributed by atoms with E-state index in [1.165, 1.54) is 68.2 Å². The molecule has 15 nitrogen and oxygen atoms in total. The lowest BCUT2D eigenvalue weighted by Gasteiger charge is -2.39. The molecule has 3 aromatic carbocycles. The number of aromatic amines is 1. The standard InChI is InChI=1S/C58H84N5O10P/c1-9-11-13-15-17-22-27-48(28-23-18-16-14-12-10-2)60-53(65)42-69-55-54(73-74(71-40-24-38-59)63(43(3)4)44(5)6)51(72-56(55)62-39-37-52(64)61-57(62)66)41-70-58(45-25-20-19-21-26-45,46-29-33-49(67-7)34-30-46)47-31-35-50(68-8)36-32-47/h19-21,25-26,29-37,39,43-44,48,51,54-56H,9-18,22-24,27-28,40-42H2,1-8H3,(H,60,65)(H,61,64,66)/t51-,54-,55-,56-,74?/m1/s1. The average molecular weight is 1040 g/mol. The average Bonchev–Trinajstić information content (AvgIpc) is 3.73. The molecular formula is C58H84N5O10P. The Balaban J connectivity index is 1.59. The van der Waals surface area contributed by atoms with E-state index in [4.69, 9.17) is 32.7 Å². The van der Waals surface area contributed by atoms with Crippen LogP contribution in [-0.4, -0.2) is 90.6 Å². The number of benzene rings is 3. The molecule has 2 N–H and O–H groups in total. The van der Waals surface area contributed by atoms with Gasteiger partial charge in [-0.1, -0.05) is 145 Å². The minimum Gasteiger partial charge on any atom is -0.497 e. The second kappa shape index (κ2) is 31.9. The number of nitriles is 1. The number of hydrogen-bond donors (Lipinski definition) is 2. The van der Waals surface area contributed by atoms with Gasteiger partial charge in [0.05, 0.1) is 39.9 Å². The fraction of sp³-hybridized carbons (Fsp3) is 0.586. The van der Waals surface area contributed by atoms with Crippen LogP contribution in [0, 0.1) is 11.3 Å². The molecule has 406 valence electrons. The first-order valence-electron chi connectivity index (χ1n) is 27.0. The third kappa shape index (κ3) is 17.3. The third-order valence-electron chi connectivity index (χ3n) is 13.5. The highest BCUT2D eigenvalue weighted by Crippen LogP contribution is 2.51. The summed E-state index contributed by atoms with van der Waals surface area (Å²) in [4.78, 5) is 43.0. The molecule has 2 heterocycles. The van der Waals surface area contributed by atoms with Crippen molar-refractivity contribution in [2.75, 3.05) is 34.0 Å². The van der Waals surface area contributed by atoms with E-state index >= 15 is 0 Å². The van der Waals surface area contributed by atoms with Gasteiger partial charge in [-0.3, -0.25) is 19.1 Å². The van der Waals surface area contributed by atoms with Crippen molar-refractivity contribution in [3.63, 3.8) is 0 Å². The molecule has 1 aliphatic heterocycles. The smallest absolute Gasteiger partial charge is 0.330 e. The van der Waals surface area contributed by atoms with E-state index in [9.17, 15) is 19.6 Å². The largest absolute Gasteiger partial charge is 0.497 e. The van der Waals surface area contributed by atoms with Crippen LogP contribution >= 0.6 is 8.53 Å². The van der Waals surface area contributed by atoms with Crippen LogP contribution in [0.5, 0.6) is 11.5 Å². The lowest BCUT2D eigenvalue weighted by atomic mass is 9.80. The normalized spacial score (nSPS) is 17.3. The summed E-state index contributed by atoms with van der Waals surface area (Å²) in [5, 5.41) is 12.9. The molecule has 4 aromatic rings. The molecule has 1 saturated heterocycles. The van der Waals surface area contributed by atoms with Crippen molar-refractivity contribution >= 4 is 14.4 Å². The van der Waals surface area contributed by atoms with Crippen LogP contribution in [0.3, 0.4) is 0 Å². The number of methoxy groups -OCH3 is 2. The molecule has 1 aliphatic rings. The Bertz CT molecular complexity index is 2300. The zero-order chi connectivity index (χ0) is 53.3. The van der Waals surface area contributed by atoms with E-state index in [-0.39, 0.29) is 50.3 Å². The van der Waals surface area contributed by atoms with Crippen LogP contribution in [0.25, 0.3) is 0 Å². The third-order valence-corrected chi connectivity index (χ3v) is 15.6. The van der Waals surface area contributed by atoms with Crippen LogP contribution in [0.1, 0.15) is 161 Å². The van der Waals surface area contributed by atoms with Crippen molar-refractivity contribution in [2.45, 2.75) is 186 Å². The zero-order valence-electron chi connectivity index (χ0n) is 45.3. The number of rotatable bonds is 35. The molecule has 0 spiro atoms. The van der Waals surface area contributed by atoms with Gasteiger partial charge in [-0.05, 0) is 81.5 Å². The fourth-order valence-corrected chi connectivity index (χ4v) is 11.5. The highest BCUT2D eigenvalue weighted by atomic mass is 31.2. The lowest BCUT2D eigenvalue weighted by molar-refractivity contribution is -0.133. The first kappa shape index (κ1) is 60.0. The quantitative estimate of drug-likeness (QED) is 0.0254. The minimum absolute atomic E-state index is 0.0249. The molecule has 1 amide bonds. The van der Waals surface area contributed by atoms with Gasteiger partial charge in [0.15, 0.2) is 6.23 Å². The predicted octanol–water partition coefficient (Wildman–Crippen LogP) is 11.5. The predicted molar refractivity (Wildman–Crippen MR) is 291 cm³/mol. The second-order valence-electron chi connectivity index (χ2n) is 19.7. The summed E-state index contributed by atoms with van der Waals surface area (Å²) in [6.07, 6.45) is 12.8. The van der Waals surface area contributed by atoms with E-state index in [0.29, 0.717) is 11.5 Å². The molecule has 1 fully saturated rings. The number of unbranched alkanes of at least 4 members (excludes halogenated alkanes) is 10. The molecule has 0 radical (unpaired) electrons. The molecular weight excluding hydrogens is 958 g/mol. The van der Waals surface area contributed by atoms with E-state index in [1.807, 2.05) is 107 Å². The summed E-state index contributed by atoms with van der Waals surface area (Å²) in [5.74, 6) is 1.03. The molecule has 0 bridgehead atoms. The van der Waals surface area contributed by atoms with E-state index in [2.05, 4.69) is 34.9 Å². The zero-order valence-corrected chi connectivity index (χ0v) is 46.2. The van der Waals surface area contributed by atoms with Crippen molar-refractivity contribution in [3.05, 3.63) is 129 Å². The summed E-state index contributed by atoms with van der Waals surface area (Å²) < 4.78 is 49.4. The summed E-state index contributed by atoms with van der Waals surface area (Å²) in [5.41, 5.74) is -0.199. The summed E-state index contributed by atoms with van der Waals surface area (Å²) in [6, 6.07) is 28.5. The van der Waals surface area contributed by atoms with Crippen molar-refractivity contribution in [3.8, 4) is 17.6 Å². The van der Waals surface area contributed by atoms with Gasteiger partial charge in [0.25, 0.3) is 14.1 Å². The second-order valence-corrected chi connectivity index (χ2v) is 21.1. The van der Waals surface area contributed by atoms with Crippen LogP contribution in [0.2, 0.25) is 0 Å². The van der Waals surface area contributed by atoms with Gasteiger partial charge in [-0.15, -0.1) is 0 Å². The molecule has 0 aliphatic carbocycles. The number of nitrogens with zero attached hydrogens (tertiary/aromatic N) is 3. The number of H-pyrrole nitrogens is 1. The number of hydrogen-bond acceptors (Lipinski definition) is 12. The molecule has 5 atom stereocenters. The molecule has 0 saturated carbocycles. The maximum atomic E-state index is 14.3. The van der Waals surface area contributed by atoms with Gasteiger partial charge < -0.3 is 38.0 Å². The number of aromatic nitrogens is 2. The molecule has 5 rings (SSSR count). The van der Waals surface area contributed by atoms with E-state index in [1.54, 1.807) is 14.2 Å². The van der Waals surface area contributed by atoms with Crippen LogP contribution < -0.4 is 26.0 Å². The highest BCUT2D eigenvalue weighted by molar-refractivity contribution is 7.44. The fourth-order valence-electron chi connectivity index (χ4n) is 9.75. The Kier molecular flexibility index (Phi) is 25.8. The molecule has 74 heavy (non-hydrogen) atoms. The Morgan fingerprint density at radius 1 is 0.770 bits per heavy atom. The molecule has 1 unspecified atom stereocenters. The van der Waals surface area contributed by atoms with Crippen molar-refractivity contribution in [1.82, 2.24) is 19.5 Å². The number of amides is 1. The highest BCUT2D eigenvalue weighted by Gasteiger charge is 2.52. The van der Waals surface area contributed by atoms with Gasteiger partial charge in [0, 0.05) is 30.4 Å². The van der Waals surface area contributed by atoms with Gasteiger partial charge >= 0.3 is 5.69 Å². The molecule has 16 heteroatoms.